The van der Waals surface area contributed by atoms with Crippen LogP contribution in [0.2, 0.25) is 0 Å². The number of fused-ring (bicyclic) bond motifs is 7. The highest BCUT2D eigenvalue weighted by Crippen LogP contribution is 2.71. The summed E-state index contributed by atoms with van der Waals surface area (Å²) in [7, 11) is 0. The molecule has 7 saturated heterocycles. The standard InChI is InChI=1S/C62H104O33/c1-22(20-83-54-46(78)42(74)38(70)31(15-63)86-54)7-12-62(82)23(2)36-30(95-62)14-28-26-6-5-24-13-25(8-10-60(24,3)27(26)9-11-61(28,36)4)85-56-48(80)44(76)50(35(19-67)90-56)91-59-53(52(41(73)34(18-66)89-59)93-55-45(77)37(69)29(68)21-84-55)94-58-49(81)51(40(72)33(17-65)88-58)92-57-47(79)43(75)39(71)32(16-64)87-57/h22-59,63-82H,5-21H2,1-4H3/t22-,23+,24+,25+,26-,27+,28+,29-,30+,31-,32-,33-,34-,35-,36+,37+,38-,39-,40-,41-,42+,43+,44-,45-,46-,47-,48-,49-,50+,51+,52+,53-,54-,55+,56-,57+,58+,59+,60+,61+,62?/m1/s1. The third-order valence-electron chi connectivity index (χ3n) is 23.9. The van der Waals surface area contributed by atoms with Crippen molar-refractivity contribution in [2.75, 3.05) is 46.2 Å². The first-order valence-electron chi connectivity index (χ1n) is 33.8. The number of aliphatic hydroxyl groups excluding tert-OH is 19. The molecule has 7 aliphatic heterocycles. The number of hydrogen-bond acceptors (Lipinski definition) is 33. The van der Waals surface area contributed by atoms with Gasteiger partial charge in [-0.1, -0.05) is 27.7 Å². The van der Waals surface area contributed by atoms with Crippen molar-refractivity contribution < 1.29 is 164 Å². The van der Waals surface area contributed by atoms with Gasteiger partial charge >= 0.3 is 0 Å². The smallest absolute Gasteiger partial charge is 0.187 e. The lowest BCUT2D eigenvalue weighted by atomic mass is 9.44. The van der Waals surface area contributed by atoms with E-state index in [0.717, 1.165) is 38.5 Å². The van der Waals surface area contributed by atoms with Crippen LogP contribution in [-0.4, -0.2) is 345 Å². The Balaban J connectivity index is 0.734. The second kappa shape index (κ2) is 30.2. The van der Waals surface area contributed by atoms with E-state index in [1.165, 1.54) is 0 Å². The monoisotopic (exact) mass is 1380 g/mol. The summed E-state index contributed by atoms with van der Waals surface area (Å²) in [5.41, 5.74) is -0.156. The van der Waals surface area contributed by atoms with Crippen molar-refractivity contribution in [2.45, 2.75) is 288 Å². The van der Waals surface area contributed by atoms with E-state index in [9.17, 15) is 102 Å². The molecular formula is C62H104O33. The first-order valence-corrected chi connectivity index (χ1v) is 33.8. The normalized spacial score (nSPS) is 55.3. The minimum atomic E-state index is -2.21. The van der Waals surface area contributed by atoms with E-state index in [1.54, 1.807) is 0 Å². The lowest BCUT2D eigenvalue weighted by molar-refractivity contribution is -0.409. The van der Waals surface area contributed by atoms with E-state index in [4.69, 9.17) is 61.6 Å². The fraction of sp³-hybridized carbons (Fsp3) is 1.00. The largest absolute Gasteiger partial charge is 0.394 e. The molecule has 0 spiro atoms. The molecular weight excluding hydrogens is 1270 g/mol. The zero-order valence-corrected chi connectivity index (χ0v) is 53.7. The molecule has 550 valence electrons. The zero-order valence-electron chi connectivity index (χ0n) is 53.7. The Morgan fingerprint density at radius 3 is 1.60 bits per heavy atom. The Bertz CT molecular complexity index is 2460. The van der Waals surface area contributed by atoms with Crippen molar-refractivity contribution in [2.24, 2.45) is 52.3 Å². The van der Waals surface area contributed by atoms with Crippen LogP contribution in [0.25, 0.3) is 0 Å². The first kappa shape index (κ1) is 74.9. The van der Waals surface area contributed by atoms with Crippen LogP contribution in [0, 0.1) is 52.3 Å². The Labute approximate surface area is 548 Å². The fourth-order valence-electron chi connectivity index (χ4n) is 18.3. The van der Waals surface area contributed by atoms with Gasteiger partial charge in [0.15, 0.2) is 43.5 Å². The fourth-order valence-corrected chi connectivity index (χ4v) is 18.3. The molecule has 0 radical (unpaired) electrons. The van der Waals surface area contributed by atoms with Crippen LogP contribution in [0.5, 0.6) is 0 Å². The number of ether oxygens (including phenoxy) is 13. The molecule has 1 unspecified atom stereocenters. The molecule has 4 aliphatic carbocycles. The van der Waals surface area contributed by atoms with E-state index >= 15 is 0 Å². The Morgan fingerprint density at radius 2 is 0.958 bits per heavy atom. The van der Waals surface area contributed by atoms with Gasteiger partial charge in [-0.05, 0) is 104 Å². The Hall–Kier alpha value is -1.32. The van der Waals surface area contributed by atoms with Gasteiger partial charge in [-0.25, -0.2) is 0 Å². The topological polar surface area (TPSA) is 525 Å². The SMILES string of the molecule is C[C@H](CCC1(O)O[C@H]2C[C@H]3[C@@H]4CC[C@H]5C[C@@H](O[C@@H]6O[C@H](CO)[C@H](O[C@@H]7O[C@H](CO)[C@@H](O)[C@H](O[C@@H]8OC[C@@H](O)[C@H](O)[C@H]8O)[C@H]7O[C@@H]7O[C@H](CO)[C@@H](O)[C@H](O[C@@H]8O[C@H](CO)[C@@H](O)[C@H](O)[C@H]8O)[C@H]7O)[C@H](O)[C@H]6O)CC[C@]5(C)[C@H]4CC[C@]3(C)[C@H]2[C@@H]1C)CO[C@@H]1O[C@H](CO)[C@@H](O)[C@H](O)[C@H]1O. The summed E-state index contributed by atoms with van der Waals surface area (Å²) in [6.45, 7) is 4.00. The highest BCUT2D eigenvalue weighted by molar-refractivity contribution is 5.15. The van der Waals surface area contributed by atoms with E-state index in [1.807, 2.05) is 6.92 Å². The molecule has 4 saturated carbocycles. The maximum absolute atomic E-state index is 12.2. The maximum Gasteiger partial charge on any atom is 0.187 e. The van der Waals surface area contributed by atoms with Gasteiger partial charge in [0, 0.05) is 12.3 Å². The van der Waals surface area contributed by atoms with Crippen molar-refractivity contribution in [1.29, 1.82) is 0 Å². The molecule has 7 heterocycles. The number of aliphatic hydroxyl groups is 20. The van der Waals surface area contributed by atoms with Gasteiger partial charge in [0.05, 0.1) is 58.5 Å². The third kappa shape index (κ3) is 14.1. The summed E-state index contributed by atoms with van der Waals surface area (Å²) < 4.78 is 77.9. The van der Waals surface area contributed by atoms with Crippen LogP contribution >= 0.6 is 0 Å². The van der Waals surface area contributed by atoms with Gasteiger partial charge in [-0.15, -0.1) is 0 Å². The van der Waals surface area contributed by atoms with Gasteiger partial charge in [0.25, 0.3) is 0 Å². The summed E-state index contributed by atoms with van der Waals surface area (Å²) >= 11 is 0. The second-order valence-electron chi connectivity index (χ2n) is 29.4. The predicted molar refractivity (Wildman–Crippen MR) is 311 cm³/mol. The van der Waals surface area contributed by atoms with Gasteiger partial charge in [0.1, 0.15) is 140 Å². The molecule has 33 nitrogen and oxygen atoms in total. The zero-order chi connectivity index (χ0) is 68.7. The molecule has 11 fully saturated rings. The van der Waals surface area contributed by atoms with Crippen LogP contribution in [0.1, 0.15) is 91.9 Å². The molecule has 20 N–H and O–H groups in total. The molecule has 11 rings (SSSR count). The van der Waals surface area contributed by atoms with Crippen LogP contribution in [0.3, 0.4) is 0 Å². The van der Waals surface area contributed by atoms with Gasteiger partial charge in [-0.3, -0.25) is 0 Å². The van der Waals surface area contributed by atoms with Crippen molar-refractivity contribution in [3.8, 4) is 0 Å². The molecule has 95 heavy (non-hydrogen) atoms. The molecule has 11 aliphatic rings. The highest BCUT2D eigenvalue weighted by atomic mass is 16.8. The lowest BCUT2D eigenvalue weighted by Gasteiger charge is -2.61. The summed E-state index contributed by atoms with van der Waals surface area (Å²) in [6, 6.07) is 0. The van der Waals surface area contributed by atoms with Crippen LogP contribution in [-0.2, 0) is 61.6 Å². The summed E-state index contributed by atoms with van der Waals surface area (Å²) in [5.74, 6) is -0.144. The Morgan fingerprint density at radius 1 is 0.453 bits per heavy atom. The average Bonchev–Trinajstić information content (AvgIpc) is 1.56. The van der Waals surface area contributed by atoms with Crippen LogP contribution in [0.15, 0.2) is 0 Å². The molecule has 0 aromatic rings. The van der Waals surface area contributed by atoms with Gasteiger partial charge in [0.2, 0.25) is 0 Å². The molecule has 33 heteroatoms. The quantitative estimate of drug-likeness (QED) is 0.0475. The predicted octanol–water partition coefficient (Wildman–Crippen LogP) is -7.67. The first-order chi connectivity index (χ1) is 45.1. The average molecular weight is 1380 g/mol. The Kier molecular flexibility index (Phi) is 23.8. The second-order valence-corrected chi connectivity index (χ2v) is 29.4. The van der Waals surface area contributed by atoms with Crippen LogP contribution < -0.4 is 0 Å². The van der Waals surface area contributed by atoms with E-state index in [2.05, 4.69) is 20.8 Å². The minimum Gasteiger partial charge on any atom is -0.394 e. The van der Waals surface area contributed by atoms with Gasteiger partial charge < -0.3 is 164 Å². The molecule has 0 amide bonds. The molecule has 41 atom stereocenters. The van der Waals surface area contributed by atoms with Crippen molar-refractivity contribution in [3.05, 3.63) is 0 Å². The lowest BCUT2D eigenvalue weighted by Crippen LogP contribution is -2.69. The third-order valence-corrected chi connectivity index (χ3v) is 23.9. The molecule has 0 aromatic heterocycles. The van der Waals surface area contributed by atoms with Crippen molar-refractivity contribution >= 4 is 0 Å². The highest BCUT2D eigenvalue weighted by Gasteiger charge is 2.69. The van der Waals surface area contributed by atoms with Crippen molar-refractivity contribution in [3.63, 3.8) is 0 Å². The van der Waals surface area contributed by atoms with Crippen LogP contribution in [0.4, 0.5) is 0 Å². The maximum atomic E-state index is 12.2. The summed E-state index contributed by atoms with van der Waals surface area (Å²) in [4.78, 5) is 0. The molecule has 0 bridgehead atoms. The molecule has 0 aromatic carbocycles. The number of hydrogen-bond donors (Lipinski definition) is 20. The van der Waals surface area contributed by atoms with Gasteiger partial charge in [-0.2, -0.15) is 0 Å². The summed E-state index contributed by atoms with van der Waals surface area (Å²) in [5, 5.41) is 217. The summed E-state index contributed by atoms with van der Waals surface area (Å²) in [6.07, 6.45) is -44.9. The van der Waals surface area contributed by atoms with Crippen molar-refractivity contribution in [1.82, 2.24) is 0 Å². The van der Waals surface area contributed by atoms with E-state index in [-0.39, 0.29) is 47.2 Å². The van der Waals surface area contributed by atoms with E-state index in [0.29, 0.717) is 43.4 Å². The number of rotatable bonds is 21. The van der Waals surface area contributed by atoms with E-state index < -0.39 is 230 Å². The minimum absolute atomic E-state index is 0.0703.